The van der Waals surface area contributed by atoms with Crippen molar-refractivity contribution in [2.24, 2.45) is 0 Å². The molecule has 1 aromatic carbocycles. The Labute approximate surface area is 120 Å². The molecule has 0 unspecified atom stereocenters. The van der Waals surface area contributed by atoms with Gasteiger partial charge in [0, 0.05) is 25.5 Å². The molecule has 0 aliphatic rings. The van der Waals surface area contributed by atoms with Gasteiger partial charge in [0.05, 0.1) is 0 Å². The third-order valence-corrected chi connectivity index (χ3v) is 2.92. The van der Waals surface area contributed by atoms with Crippen LogP contribution < -0.4 is 10.1 Å². The molecule has 4 nitrogen and oxygen atoms in total. The van der Waals surface area contributed by atoms with Gasteiger partial charge >= 0.3 is 0 Å². The van der Waals surface area contributed by atoms with E-state index in [2.05, 4.69) is 29.1 Å². The van der Waals surface area contributed by atoms with Crippen LogP contribution >= 0.6 is 0 Å². The van der Waals surface area contributed by atoms with Crippen molar-refractivity contribution in [2.75, 3.05) is 13.2 Å². The third kappa shape index (κ3) is 4.90. The Balaban J connectivity index is 1.62. The first kappa shape index (κ1) is 14.3. The monoisotopic (exact) mass is 271 g/mol. The molecule has 0 radical (unpaired) electrons. The summed E-state index contributed by atoms with van der Waals surface area (Å²) in [6.45, 7) is 6.98. The summed E-state index contributed by atoms with van der Waals surface area (Å²) >= 11 is 0. The lowest BCUT2D eigenvalue weighted by Crippen LogP contribution is -2.16. The van der Waals surface area contributed by atoms with Crippen molar-refractivity contribution in [1.29, 1.82) is 0 Å². The highest BCUT2D eigenvalue weighted by molar-refractivity contribution is 5.27. The summed E-state index contributed by atoms with van der Waals surface area (Å²) in [5, 5.41) is 7.60. The average molecular weight is 271 g/mol. The van der Waals surface area contributed by atoms with Crippen molar-refractivity contribution in [3.05, 3.63) is 60.9 Å². The molecule has 0 spiro atoms. The minimum absolute atomic E-state index is 0.547. The van der Waals surface area contributed by atoms with Crippen LogP contribution in [0.3, 0.4) is 0 Å². The Morgan fingerprint density at radius 1 is 1.30 bits per heavy atom. The zero-order chi connectivity index (χ0) is 14.0. The number of benzene rings is 1. The van der Waals surface area contributed by atoms with E-state index in [1.807, 2.05) is 35.3 Å². The normalized spacial score (nSPS) is 10.4. The van der Waals surface area contributed by atoms with Crippen LogP contribution in [0.4, 0.5) is 0 Å². The van der Waals surface area contributed by atoms with Crippen molar-refractivity contribution in [1.82, 2.24) is 15.1 Å². The summed E-state index contributed by atoms with van der Waals surface area (Å²) in [7, 11) is 0. The third-order valence-electron chi connectivity index (χ3n) is 2.92. The van der Waals surface area contributed by atoms with Gasteiger partial charge in [0.1, 0.15) is 12.4 Å². The number of aromatic nitrogens is 2. The summed E-state index contributed by atoms with van der Waals surface area (Å²) in [6.07, 6.45) is 6.61. The highest BCUT2D eigenvalue weighted by atomic mass is 16.5. The Bertz CT molecular complexity index is 491. The van der Waals surface area contributed by atoms with Gasteiger partial charge < -0.3 is 10.1 Å². The van der Waals surface area contributed by atoms with Crippen LogP contribution in [-0.2, 0) is 13.1 Å². The van der Waals surface area contributed by atoms with Crippen molar-refractivity contribution < 1.29 is 4.74 Å². The number of hydrogen-bond acceptors (Lipinski definition) is 3. The molecule has 106 valence electrons. The van der Waals surface area contributed by atoms with Gasteiger partial charge in [-0.05, 0) is 36.7 Å². The van der Waals surface area contributed by atoms with Gasteiger partial charge in [0.25, 0.3) is 0 Å². The molecule has 2 aromatic rings. The zero-order valence-electron chi connectivity index (χ0n) is 11.7. The zero-order valence-corrected chi connectivity index (χ0v) is 11.7. The molecule has 4 heteroatoms. The molecular formula is C16H21N3O. The predicted octanol–water partition coefficient (Wildman–Crippen LogP) is 2.63. The van der Waals surface area contributed by atoms with Crippen LogP contribution in [0.25, 0.3) is 0 Å². The molecule has 0 fully saturated rings. The van der Waals surface area contributed by atoms with E-state index in [4.69, 9.17) is 4.74 Å². The fourth-order valence-corrected chi connectivity index (χ4v) is 1.89. The molecule has 0 saturated carbocycles. The minimum Gasteiger partial charge on any atom is -0.490 e. The van der Waals surface area contributed by atoms with Crippen LogP contribution in [0, 0.1) is 0 Å². The number of nitrogens with zero attached hydrogens (tertiary/aromatic N) is 2. The smallest absolute Gasteiger partial charge is 0.119 e. The number of nitrogens with one attached hydrogen (secondary N) is 1. The second kappa shape index (κ2) is 8.17. The van der Waals surface area contributed by atoms with Crippen LogP contribution in [0.5, 0.6) is 5.75 Å². The molecule has 1 aromatic heterocycles. The SMILES string of the molecule is C=CCOc1ccc(CNCCCn2cccn2)cc1. The van der Waals surface area contributed by atoms with Gasteiger partial charge in [-0.2, -0.15) is 5.10 Å². The number of rotatable bonds is 9. The maximum atomic E-state index is 5.45. The molecule has 0 saturated heterocycles. The quantitative estimate of drug-likeness (QED) is 0.563. The molecule has 0 aliphatic carbocycles. The first-order chi connectivity index (χ1) is 9.88. The molecule has 0 atom stereocenters. The van der Waals surface area contributed by atoms with Crippen molar-refractivity contribution in [2.45, 2.75) is 19.5 Å². The van der Waals surface area contributed by atoms with Crippen molar-refractivity contribution in [3.8, 4) is 5.75 Å². The number of ether oxygens (including phenoxy) is 1. The summed E-state index contributed by atoms with van der Waals surface area (Å²) in [6, 6.07) is 10.1. The van der Waals surface area contributed by atoms with Gasteiger partial charge in [0.2, 0.25) is 0 Å². The lowest BCUT2D eigenvalue weighted by molar-refractivity contribution is 0.363. The molecular weight excluding hydrogens is 250 g/mol. The van der Waals surface area contributed by atoms with E-state index in [0.29, 0.717) is 6.61 Å². The van der Waals surface area contributed by atoms with Crippen molar-refractivity contribution >= 4 is 0 Å². The first-order valence-electron chi connectivity index (χ1n) is 6.89. The molecule has 0 amide bonds. The van der Waals surface area contributed by atoms with Crippen LogP contribution in [0.15, 0.2) is 55.4 Å². The summed E-state index contributed by atoms with van der Waals surface area (Å²) < 4.78 is 7.40. The van der Waals surface area contributed by atoms with Gasteiger partial charge in [-0.3, -0.25) is 4.68 Å². The summed E-state index contributed by atoms with van der Waals surface area (Å²) in [5.74, 6) is 0.882. The fraction of sp³-hybridized carbons (Fsp3) is 0.312. The predicted molar refractivity (Wildman–Crippen MR) is 80.7 cm³/mol. The maximum absolute atomic E-state index is 5.45. The molecule has 0 aliphatic heterocycles. The Morgan fingerprint density at radius 2 is 2.15 bits per heavy atom. The van der Waals surface area contributed by atoms with Gasteiger partial charge in [-0.15, -0.1) is 0 Å². The summed E-state index contributed by atoms with van der Waals surface area (Å²) in [5.41, 5.74) is 1.26. The molecule has 0 bridgehead atoms. The number of hydrogen-bond donors (Lipinski definition) is 1. The Morgan fingerprint density at radius 3 is 2.85 bits per heavy atom. The Hall–Kier alpha value is -2.07. The number of aryl methyl sites for hydroxylation is 1. The van der Waals surface area contributed by atoms with E-state index in [9.17, 15) is 0 Å². The molecule has 1 heterocycles. The highest BCUT2D eigenvalue weighted by Gasteiger charge is 1.96. The average Bonchev–Trinajstić information content (AvgIpc) is 2.99. The van der Waals surface area contributed by atoms with Crippen molar-refractivity contribution in [3.63, 3.8) is 0 Å². The second-order valence-corrected chi connectivity index (χ2v) is 4.54. The van der Waals surface area contributed by atoms with Gasteiger partial charge in [-0.25, -0.2) is 0 Å². The minimum atomic E-state index is 0.547. The van der Waals surface area contributed by atoms with E-state index >= 15 is 0 Å². The van der Waals surface area contributed by atoms with Crippen LogP contribution in [0.1, 0.15) is 12.0 Å². The molecule has 1 N–H and O–H groups in total. The van der Waals surface area contributed by atoms with E-state index in [0.717, 1.165) is 31.8 Å². The van der Waals surface area contributed by atoms with Crippen LogP contribution in [-0.4, -0.2) is 22.9 Å². The van der Waals surface area contributed by atoms with Gasteiger partial charge in [0.15, 0.2) is 0 Å². The van der Waals surface area contributed by atoms with E-state index in [1.165, 1.54) is 5.56 Å². The first-order valence-corrected chi connectivity index (χ1v) is 6.89. The van der Waals surface area contributed by atoms with Crippen LogP contribution in [0.2, 0.25) is 0 Å². The molecule has 2 rings (SSSR count). The topological polar surface area (TPSA) is 39.1 Å². The van der Waals surface area contributed by atoms with E-state index in [-0.39, 0.29) is 0 Å². The van der Waals surface area contributed by atoms with E-state index < -0.39 is 0 Å². The maximum Gasteiger partial charge on any atom is 0.119 e. The van der Waals surface area contributed by atoms with E-state index in [1.54, 1.807) is 6.08 Å². The van der Waals surface area contributed by atoms with Gasteiger partial charge in [-0.1, -0.05) is 24.8 Å². The highest BCUT2D eigenvalue weighted by Crippen LogP contribution is 2.11. The molecule has 20 heavy (non-hydrogen) atoms. The largest absolute Gasteiger partial charge is 0.490 e. The Kier molecular flexibility index (Phi) is 5.86. The lowest BCUT2D eigenvalue weighted by Gasteiger charge is -2.07. The lowest BCUT2D eigenvalue weighted by atomic mass is 10.2. The second-order valence-electron chi connectivity index (χ2n) is 4.54. The standard InChI is InChI=1S/C16H21N3O/c1-2-13-20-16-7-5-15(6-8-16)14-17-9-3-11-19-12-4-10-18-19/h2,4-8,10,12,17H,1,3,9,11,13-14H2. The fourth-order valence-electron chi connectivity index (χ4n) is 1.89. The summed E-state index contributed by atoms with van der Waals surface area (Å²) in [4.78, 5) is 0.